The molecule has 0 spiro atoms. The predicted molar refractivity (Wildman–Crippen MR) is 112 cm³/mol. The van der Waals surface area contributed by atoms with E-state index in [4.69, 9.17) is 0 Å². The maximum Gasteiger partial charge on any atom is 0.405 e. The van der Waals surface area contributed by atoms with E-state index in [1.165, 1.54) is 42.5 Å². The van der Waals surface area contributed by atoms with Crippen molar-refractivity contribution in [1.82, 2.24) is 10.3 Å². The zero-order valence-corrected chi connectivity index (χ0v) is 17.5. The zero-order chi connectivity index (χ0) is 24.2. The number of anilines is 1. The maximum atomic E-state index is 13.1. The van der Waals surface area contributed by atoms with Crippen LogP contribution in [0.2, 0.25) is 0 Å². The second-order valence-electron chi connectivity index (χ2n) is 7.41. The molecule has 1 heterocycles. The average Bonchev–Trinajstić information content (AvgIpc) is 2.76. The van der Waals surface area contributed by atoms with Crippen molar-refractivity contribution >= 4 is 29.1 Å². The number of hydrogen-bond donors (Lipinski definition) is 2. The highest BCUT2D eigenvalue weighted by atomic mass is 19.4. The first-order valence-electron chi connectivity index (χ1n) is 9.91. The molecule has 0 aromatic heterocycles. The Balaban J connectivity index is 1.72. The van der Waals surface area contributed by atoms with Gasteiger partial charge in [0, 0.05) is 24.1 Å². The summed E-state index contributed by atoms with van der Waals surface area (Å²) in [5, 5.41) is 9.60. The lowest BCUT2D eigenvalue weighted by Gasteiger charge is -2.23. The minimum Gasteiger partial charge on any atom is -0.343 e. The molecule has 3 rings (SSSR count). The van der Waals surface area contributed by atoms with Crippen LogP contribution in [0.4, 0.5) is 23.2 Å². The van der Waals surface area contributed by atoms with Gasteiger partial charge in [-0.05, 0) is 42.3 Å². The molecule has 33 heavy (non-hydrogen) atoms. The minimum absolute atomic E-state index is 0.0479. The molecule has 0 radical (unpaired) electrons. The van der Waals surface area contributed by atoms with Crippen LogP contribution in [0.3, 0.4) is 0 Å². The standard InChI is InChI=1S/C22H20F4N4O3/c1-13-2-5-15(20(32)27-12-22(24,25)26)10-18(13)28-21(33)17-8-9-19(31)30(29-17)11-14-3-6-16(23)7-4-14/h2-7,10H,8-9,11-12H2,1H3,(H,27,32)(H,28,33). The van der Waals surface area contributed by atoms with E-state index in [2.05, 4.69) is 10.4 Å². The highest BCUT2D eigenvalue weighted by Gasteiger charge is 2.28. The molecule has 0 bridgehead atoms. The third-order valence-electron chi connectivity index (χ3n) is 4.81. The molecule has 2 N–H and O–H groups in total. The first-order valence-corrected chi connectivity index (χ1v) is 9.91. The van der Waals surface area contributed by atoms with E-state index in [0.29, 0.717) is 11.1 Å². The van der Waals surface area contributed by atoms with Gasteiger partial charge >= 0.3 is 6.18 Å². The van der Waals surface area contributed by atoms with Crippen LogP contribution >= 0.6 is 0 Å². The van der Waals surface area contributed by atoms with Gasteiger partial charge in [0.05, 0.1) is 6.54 Å². The maximum absolute atomic E-state index is 13.1. The van der Waals surface area contributed by atoms with Crippen molar-refractivity contribution < 1.29 is 31.9 Å². The summed E-state index contributed by atoms with van der Waals surface area (Å²) >= 11 is 0. The molecular formula is C22H20F4N4O3. The third kappa shape index (κ3) is 6.61. The SMILES string of the molecule is Cc1ccc(C(=O)NCC(F)(F)F)cc1NC(=O)C1=NN(Cc2ccc(F)cc2)C(=O)CC1. The summed E-state index contributed by atoms with van der Waals surface area (Å²) in [7, 11) is 0. The van der Waals surface area contributed by atoms with Crippen molar-refractivity contribution in [2.45, 2.75) is 32.5 Å². The number of carbonyl (C=O) groups excluding carboxylic acids is 3. The van der Waals surface area contributed by atoms with Gasteiger partial charge in [-0.25, -0.2) is 9.40 Å². The molecule has 2 aromatic carbocycles. The first-order chi connectivity index (χ1) is 15.5. The van der Waals surface area contributed by atoms with Gasteiger partial charge in [-0.15, -0.1) is 0 Å². The summed E-state index contributed by atoms with van der Waals surface area (Å²) in [6, 6.07) is 9.62. The molecule has 0 aliphatic carbocycles. The number of rotatable bonds is 6. The molecular weight excluding hydrogens is 444 g/mol. The predicted octanol–water partition coefficient (Wildman–Crippen LogP) is 3.54. The Kier molecular flexibility index (Phi) is 7.10. The summed E-state index contributed by atoms with van der Waals surface area (Å²) in [5.74, 6) is -2.26. The molecule has 0 saturated heterocycles. The van der Waals surface area contributed by atoms with Gasteiger partial charge in [-0.1, -0.05) is 18.2 Å². The number of benzene rings is 2. The number of nitrogens with zero attached hydrogens (tertiary/aromatic N) is 2. The van der Waals surface area contributed by atoms with Gasteiger partial charge in [-0.2, -0.15) is 18.3 Å². The van der Waals surface area contributed by atoms with Crippen LogP contribution in [0, 0.1) is 12.7 Å². The van der Waals surface area contributed by atoms with Crippen molar-refractivity contribution in [1.29, 1.82) is 0 Å². The Morgan fingerprint density at radius 1 is 1.06 bits per heavy atom. The fraction of sp³-hybridized carbons (Fsp3) is 0.273. The lowest BCUT2D eigenvalue weighted by atomic mass is 10.1. The van der Waals surface area contributed by atoms with E-state index in [0.717, 1.165) is 5.01 Å². The van der Waals surface area contributed by atoms with Crippen molar-refractivity contribution in [3.8, 4) is 0 Å². The highest BCUT2D eigenvalue weighted by Crippen LogP contribution is 2.20. The van der Waals surface area contributed by atoms with E-state index in [-0.39, 0.29) is 42.3 Å². The number of nitrogens with one attached hydrogen (secondary N) is 2. The normalized spacial score (nSPS) is 14.0. The van der Waals surface area contributed by atoms with Crippen LogP contribution in [-0.2, 0) is 16.1 Å². The molecule has 0 saturated carbocycles. The second-order valence-corrected chi connectivity index (χ2v) is 7.41. The summed E-state index contributed by atoms with van der Waals surface area (Å²) in [5.41, 5.74) is 1.45. The van der Waals surface area contributed by atoms with Gasteiger partial charge in [0.1, 0.15) is 18.1 Å². The fourth-order valence-electron chi connectivity index (χ4n) is 3.03. The second kappa shape index (κ2) is 9.80. The van der Waals surface area contributed by atoms with Gasteiger partial charge in [0.15, 0.2) is 0 Å². The quantitative estimate of drug-likeness (QED) is 0.641. The number of amides is 3. The summed E-state index contributed by atoms with van der Waals surface area (Å²) in [6.45, 7) is 0.236. The van der Waals surface area contributed by atoms with Crippen molar-refractivity contribution in [2.75, 3.05) is 11.9 Å². The van der Waals surface area contributed by atoms with Gasteiger partial charge in [-0.3, -0.25) is 14.4 Å². The van der Waals surface area contributed by atoms with E-state index in [9.17, 15) is 31.9 Å². The monoisotopic (exact) mass is 464 g/mol. The molecule has 11 heteroatoms. The molecule has 0 unspecified atom stereocenters. The Morgan fingerprint density at radius 2 is 1.76 bits per heavy atom. The Hall–Kier alpha value is -3.76. The number of alkyl halides is 3. The molecule has 2 aromatic rings. The molecule has 1 aliphatic heterocycles. The van der Waals surface area contributed by atoms with Crippen LogP contribution in [0.1, 0.15) is 34.3 Å². The van der Waals surface area contributed by atoms with E-state index >= 15 is 0 Å². The summed E-state index contributed by atoms with van der Waals surface area (Å²) in [6.07, 6.45) is -4.41. The first kappa shape index (κ1) is 23.9. The third-order valence-corrected chi connectivity index (χ3v) is 4.81. The topological polar surface area (TPSA) is 90.9 Å². The van der Waals surface area contributed by atoms with Crippen LogP contribution in [0.25, 0.3) is 0 Å². The van der Waals surface area contributed by atoms with E-state index in [1.54, 1.807) is 12.2 Å². The number of hydrazone groups is 1. The number of halogens is 4. The lowest BCUT2D eigenvalue weighted by Crippen LogP contribution is -2.36. The molecule has 0 atom stereocenters. The van der Waals surface area contributed by atoms with Crippen molar-refractivity contribution in [3.05, 3.63) is 65.0 Å². The Bertz CT molecular complexity index is 1100. The zero-order valence-electron chi connectivity index (χ0n) is 17.5. The fourth-order valence-corrected chi connectivity index (χ4v) is 3.03. The van der Waals surface area contributed by atoms with E-state index < -0.39 is 30.4 Å². The lowest BCUT2D eigenvalue weighted by molar-refractivity contribution is -0.132. The van der Waals surface area contributed by atoms with E-state index in [1.807, 2.05) is 0 Å². The van der Waals surface area contributed by atoms with Crippen LogP contribution in [0.15, 0.2) is 47.6 Å². The van der Waals surface area contributed by atoms with Gasteiger partial charge in [0.25, 0.3) is 11.8 Å². The Morgan fingerprint density at radius 3 is 2.42 bits per heavy atom. The van der Waals surface area contributed by atoms with Crippen LogP contribution in [0.5, 0.6) is 0 Å². The summed E-state index contributed by atoms with van der Waals surface area (Å²) in [4.78, 5) is 36.9. The Labute approximate surface area is 186 Å². The van der Waals surface area contributed by atoms with Gasteiger partial charge < -0.3 is 10.6 Å². The molecule has 1 aliphatic rings. The molecule has 7 nitrogen and oxygen atoms in total. The molecule has 174 valence electrons. The number of carbonyl (C=O) groups is 3. The molecule has 3 amide bonds. The summed E-state index contributed by atoms with van der Waals surface area (Å²) < 4.78 is 50.1. The van der Waals surface area contributed by atoms with Crippen LogP contribution in [-0.4, -0.2) is 41.2 Å². The molecule has 0 fully saturated rings. The van der Waals surface area contributed by atoms with Crippen LogP contribution < -0.4 is 10.6 Å². The average molecular weight is 464 g/mol. The highest BCUT2D eigenvalue weighted by molar-refractivity contribution is 6.43. The largest absolute Gasteiger partial charge is 0.405 e. The number of aryl methyl sites for hydroxylation is 1. The van der Waals surface area contributed by atoms with Crippen molar-refractivity contribution in [3.63, 3.8) is 0 Å². The minimum atomic E-state index is -4.55. The van der Waals surface area contributed by atoms with Gasteiger partial charge in [0.2, 0.25) is 5.91 Å². The number of hydrogen-bond acceptors (Lipinski definition) is 4. The smallest absolute Gasteiger partial charge is 0.343 e. The van der Waals surface area contributed by atoms with Crippen molar-refractivity contribution in [2.24, 2.45) is 5.10 Å².